The number of carbonyl (C=O) groups excluding carboxylic acids is 3. The Balaban J connectivity index is 2.09. The molecule has 1 aliphatic rings. The van der Waals surface area contributed by atoms with Crippen LogP contribution in [0.5, 0.6) is 0 Å². The molecule has 0 N–H and O–H groups in total. The summed E-state index contributed by atoms with van der Waals surface area (Å²) in [5, 5.41) is 0. The largest absolute Gasteiger partial charge is 0.462 e. The third kappa shape index (κ3) is 3.21. The molecule has 1 fully saturated rings. The fourth-order valence-electron chi connectivity index (χ4n) is 2.09. The van der Waals surface area contributed by atoms with Crippen LogP contribution < -0.4 is 0 Å². The molecule has 0 aromatic heterocycles. The van der Waals surface area contributed by atoms with Crippen molar-refractivity contribution in [2.24, 2.45) is 0 Å². The molecule has 1 saturated heterocycles. The Labute approximate surface area is 122 Å². The Hall–Kier alpha value is -2.37. The highest BCUT2D eigenvalue weighted by Gasteiger charge is 2.32. The monoisotopic (exact) mass is 291 g/mol. The molecule has 2 amide bonds. The quantitative estimate of drug-likeness (QED) is 0.793. The van der Waals surface area contributed by atoms with E-state index >= 15 is 0 Å². The second kappa shape index (κ2) is 6.39. The first-order valence-corrected chi connectivity index (χ1v) is 6.79. The van der Waals surface area contributed by atoms with Gasteiger partial charge in [0.2, 0.25) is 5.91 Å². The van der Waals surface area contributed by atoms with Crippen molar-refractivity contribution in [2.45, 2.75) is 19.8 Å². The van der Waals surface area contributed by atoms with Crippen LogP contribution in [0.2, 0.25) is 0 Å². The highest BCUT2D eigenvalue weighted by Crippen LogP contribution is 2.20. The van der Waals surface area contributed by atoms with Crippen LogP contribution in [-0.2, 0) is 14.3 Å². The van der Waals surface area contributed by atoms with E-state index in [2.05, 4.69) is 0 Å². The third-order valence-corrected chi connectivity index (χ3v) is 3.32. The minimum atomic E-state index is -0.602. The van der Waals surface area contributed by atoms with Crippen LogP contribution in [0.15, 0.2) is 24.3 Å². The normalized spacial score (nSPS) is 15.5. The summed E-state index contributed by atoms with van der Waals surface area (Å²) < 4.78 is 9.65. The van der Waals surface area contributed by atoms with E-state index in [1.807, 2.05) is 0 Å². The van der Waals surface area contributed by atoms with Crippen molar-refractivity contribution in [3.05, 3.63) is 35.4 Å². The Morgan fingerprint density at radius 2 is 2.00 bits per heavy atom. The summed E-state index contributed by atoms with van der Waals surface area (Å²) in [5.74, 6) is -1.18. The summed E-state index contributed by atoms with van der Waals surface area (Å²) in [6.45, 7) is 4.28. The molecule has 1 aliphatic heterocycles. The number of benzene rings is 1. The van der Waals surface area contributed by atoms with Gasteiger partial charge in [0.25, 0.3) is 0 Å². The van der Waals surface area contributed by atoms with Crippen molar-refractivity contribution in [3.8, 4) is 0 Å². The molecule has 1 atom stereocenters. The van der Waals surface area contributed by atoms with Crippen LogP contribution in [0.4, 0.5) is 4.79 Å². The van der Waals surface area contributed by atoms with Gasteiger partial charge in [-0.3, -0.25) is 4.79 Å². The number of hydrogen-bond donors (Lipinski definition) is 0. The van der Waals surface area contributed by atoms with Gasteiger partial charge >= 0.3 is 12.1 Å². The molecule has 2 rings (SSSR count). The van der Waals surface area contributed by atoms with Gasteiger partial charge in [0, 0.05) is 0 Å². The van der Waals surface area contributed by atoms with Gasteiger partial charge in [-0.15, -0.1) is 0 Å². The van der Waals surface area contributed by atoms with Crippen LogP contribution in [0, 0.1) is 0 Å². The van der Waals surface area contributed by atoms with Crippen LogP contribution >= 0.6 is 0 Å². The van der Waals surface area contributed by atoms with Crippen molar-refractivity contribution in [2.75, 3.05) is 19.8 Å². The average molecular weight is 291 g/mol. The highest BCUT2D eigenvalue weighted by molar-refractivity contribution is 5.96. The maximum atomic E-state index is 12.2. The molecule has 112 valence electrons. The lowest BCUT2D eigenvalue weighted by Gasteiger charge is -2.17. The SMILES string of the molecule is CCOC(=O)c1ccc([C@@H](C)C(=O)N2CCOC2=O)cc1. The van der Waals surface area contributed by atoms with Crippen molar-refractivity contribution < 1.29 is 23.9 Å². The number of carbonyl (C=O) groups is 3. The van der Waals surface area contributed by atoms with E-state index in [-0.39, 0.29) is 19.1 Å². The summed E-state index contributed by atoms with van der Waals surface area (Å²) in [4.78, 5) is 36.3. The Morgan fingerprint density at radius 1 is 1.33 bits per heavy atom. The van der Waals surface area contributed by atoms with E-state index in [0.29, 0.717) is 12.2 Å². The van der Waals surface area contributed by atoms with Crippen molar-refractivity contribution in [3.63, 3.8) is 0 Å². The van der Waals surface area contributed by atoms with Crippen LogP contribution in [0.25, 0.3) is 0 Å². The van der Waals surface area contributed by atoms with E-state index < -0.39 is 18.0 Å². The third-order valence-electron chi connectivity index (χ3n) is 3.32. The second-order valence-electron chi connectivity index (χ2n) is 4.67. The van der Waals surface area contributed by atoms with Gasteiger partial charge in [-0.05, 0) is 31.5 Å². The first-order valence-electron chi connectivity index (χ1n) is 6.79. The van der Waals surface area contributed by atoms with E-state index in [1.54, 1.807) is 38.1 Å². The molecule has 0 saturated carbocycles. The lowest BCUT2D eigenvalue weighted by molar-refractivity contribution is -0.128. The van der Waals surface area contributed by atoms with Crippen LogP contribution in [0.3, 0.4) is 0 Å². The first kappa shape index (κ1) is 15.0. The van der Waals surface area contributed by atoms with Crippen molar-refractivity contribution >= 4 is 18.0 Å². The number of ether oxygens (including phenoxy) is 2. The first-order chi connectivity index (χ1) is 10.0. The predicted molar refractivity (Wildman–Crippen MR) is 73.9 cm³/mol. The van der Waals surface area contributed by atoms with Crippen molar-refractivity contribution in [1.82, 2.24) is 4.90 Å². The van der Waals surface area contributed by atoms with Gasteiger partial charge < -0.3 is 9.47 Å². The molecule has 0 radical (unpaired) electrons. The van der Waals surface area contributed by atoms with Gasteiger partial charge in [-0.1, -0.05) is 12.1 Å². The number of cyclic esters (lactones) is 1. The van der Waals surface area contributed by atoms with Gasteiger partial charge in [-0.2, -0.15) is 0 Å². The molecule has 0 unspecified atom stereocenters. The minimum Gasteiger partial charge on any atom is -0.462 e. The molecular weight excluding hydrogens is 274 g/mol. The molecule has 0 bridgehead atoms. The lowest BCUT2D eigenvalue weighted by atomic mass is 9.98. The summed E-state index contributed by atoms with van der Waals surface area (Å²) in [7, 11) is 0. The Bertz CT molecular complexity index is 552. The topological polar surface area (TPSA) is 72.9 Å². The van der Waals surface area contributed by atoms with Gasteiger partial charge in [0.05, 0.1) is 24.6 Å². The van der Waals surface area contributed by atoms with Gasteiger partial charge in [0.15, 0.2) is 0 Å². The zero-order chi connectivity index (χ0) is 15.4. The zero-order valence-corrected chi connectivity index (χ0v) is 12.0. The smallest absolute Gasteiger partial charge is 0.416 e. The Kier molecular flexibility index (Phi) is 4.57. The van der Waals surface area contributed by atoms with Crippen LogP contribution in [-0.4, -0.2) is 42.6 Å². The number of hydrogen-bond acceptors (Lipinski definition) is 5. The number of amides is 2. The molecule has 21 heavy (non-hydrogen) atoms. The number of esters is 1. The van der Waals surface area contributed by atoms with E-state index in [4.69, 9.17) is 9.47 Å². The zero-order valence-electron chi connectivity index (χ0n) is 12.0. The maximum absolute atomic E-state index is 12.2. The summed E-state index contributed by atoms with van der Waals surface area (Å²) in [6.07, 6.45) is -0.602. The molecule has 6 heteroatoms. The summed E-state index contributed by atoms with van der Waals surface area (Å²) in [6, 6.07) is 6.60. The predicted octanol–water partition coefficient (Wildman–Crippen LogP) is 1.95. The number of imide groups is 1. The molecule has 0 aliphatic carbocycles. The van der Waals surface area contributed by atoms with Crippen molar-refractivity contribution in [1.29, 1.82) is 0 Å². The fraction of sp³-hybridized carbons (Fsp3) is 0.400. The summed E-state index contributed by atoms with van der Waals surface area (Å²) in [5.41, 5.74) is 1.16. The standard InChI is InChI=1S/C15H17NO5/c1-3-20-14(18)12-6-4-11(5-7-12)10(2)13(17)16-8-9-21-15(16)19/h4-7,10H,3,8-9H2,1-2H3/t10-/m1/s1. The Morgan fingerprint density at radius 3 is 2.52 bits per heavy atom. The van der Waals surface area contributed by atoms with E-state index in [0.717, 1.165) is 10.5 Å². The number of rotatable bonds is 4. The van der Waals surface area contributed by atoms with E-state index in [9.17, 15) is 14.4 Å². The highest BCUT2D eigenvalue weighted by atomic mass is 16.6. The average Bonchev–Trinajstić information content (AvgIpc) is 2.92. The van der Waals surface area contributed by atoms with E-state index in [1.165, 1.54) is 0 Å². The molecule has 1 aromatic carbocycles. The van der Waals surface area contributed by atoms with Gasteiger partial charge in [-0.25, -0.2) is 14.5 Å². The number of nitrogens with zero attached hydrogens (tertiary/aromatic N) is 1. The minimum absolute atomic E-state index is 0.235. The molecule has 0 spiro atoms. The second-order valence-corrected chi connectivity index (χ2v) is 4.67. The molecule has 1 aromatic rings. The molecule has 6 nitrogen and oxygen atoms in total. The fourth-order valence-corrected chi connectivity index (χ4v) is 2.09. The summed E-state index contributed by atoms with van der Waals surface area (Å²) >= 11 is 0. The van der Waals surface area contributed by atoms with Gasteiger partial charge in [0.1, 0.15) is 6.61 Å². The van der Waals surface area contributed by atoms with Crippen LogP contribution in [0.1, 0.15) is 35.7 Å². The lowest BCUT2D eigenvalue weighted by Crippen LogP contribution is -2.34. The molecular formula is C15H17NO5. The molecule has 1 heterocycles. The maximum Gasteiger partial charge on any atom is 0.416 e.